The van der Waals surface area contributed by atoms with Gasteiger partial charge < -0.3 is 10.0 Å². The molecule has 1 aliphatic heterocycles. The molecule has 1 saturated heterocycles. The molecule has 2 rings (SSSR count). The minimum absolute atomic E-state index is 0.0160. The van der Waals surface area contributed by atoms with Crippen LogP contribution >= 0.6 is 11.8 Å². The van der Waals surface area contributed by atoms with E-state index in [0.29, 0.717) is 13.1 Å². The van der Waals surface area contributed by atoms with Crippen LogP contribution in [0.2, 0.25) is 0 Å². The molecule has 1 heterocycles. The van der Waals surface area contributed by atoms with Crippen molar-refractivity contribution in [3.63, 3.8) is 0 Å². The molecule has 0 aromatic heterocycles. The van der Waals surface area contributed by atoms with Gasteiger partial charge >= 0.3 is 0 Å². The van der Waals surface area contributed by atoms with Gasteiger partial charge in [-0.15, -0.1) is 11.8 Å². The number of thioether (sulfide) groups is 1. The highest BCUT2D eigenvalue weighted by Gasteiger charge is 2.41. The van der Waals surface area contributed by atoms with Gasteiger partial charge in [-0.2, -0.15) is 0 Å². The largest absolute Gasteiger partial charge is 0.395 e. The summed E-state index contributed by atoms with van der Waals surface area (Å²) in [5, 5.41) is 12.6. The van der Waals surface area contributed by atoms with E-state index in [9.17, 15) is 9.90 Å². The highest BCUT2D eigenvalue weighted by atomic mass is 32.2. The molecule has 1 aromatic carbocycles. The summed E-state index contributed by atoms with van der Waals surface area (Å²) in [6.45, 7) is 7.12. The third-order valence-electron chi connectivity index (χ3n) is 3.98. The van der Waals surface area contributed by atoms with Crippen LogP contribution in [0, 0.1) is 6.92 Å². The molecule has 1 amide bonds. The molecular formula is C16H24N2O2S. The van der Waals surface area contributed by atoms with E-state index in [1.54, 1.807) is 16.7 Å². The van der Waals surface area contributed by atoms with E-state index < -0.39 is 0 Å². The highest BCUT2D eigenvalue weighted by molar-refractivity contribution is 8.00. The van der Waals surface area contributed by atoms with Crippen LogP contribution in [0.3, 0.4) is 0 Å². The number of benzene rings is 1. The van der Waals surface area contributed by atoms with E-state index >= 15 is 0 Å². The Bertz CT molecular complexity index is 505. The smallest absolute Gasteiger partial charge is 0.241 e. The molecule has 21 heavy (non-hydrogen) atoms. The molecule has 5 heteroatoms. The topological polar surface area (TPSA) is 52.6 Å². The SMILES string of the molecule is Cc1ccccc1CN(CCO)C(=O)C1NCSC1(C)C. The van der Waals surface area contributed by atoms with Crippen molar-refractivity contribution in [2.24, 2.45) is 0 Å². The Labute approximate surface area is 130 Å². The number of nitrogens with one attached hydrogen (secondary N) is 1. The van der Waals surface area contributed by atoms with Crippen LogP contribution in [-0.2, 0) is 11.3 Å². The van der Waals surface area contributed by atoms with Crippen molar-refractivity contribution in [3.8, 4) is 0 Å². The molecule has 4 nitrogen and oxygen atoms in total. The van der Waals surface area contributed by atoms with Crippen LogP contribution < -0.4 is 5.32 Å². The molecular weight excluding hydrogens is 284 g/mol. The fraction of sp³-hybridized carbons (Fsp3) is 0.562. The molecule has 1 fully saturated rings. The molecule has 1 unspecified atom stereocenters. The van der Waals surface area contributed by atoms with Gasteiger partial charge in [0.1, 0.15) is 6.04 Å². The second-order valence-corrected chi connectivity index (χ2v) is 7.57. The Kier molecular flexibility index (Phi) is 5.30. The first-order valence-electron chi connectivity index (χ1n) is 7.27. The monoisotopic (exact) mass is 308 g/mol. The minimum Gasteiger partial charge on any atom is -0.395 e. The molecule has 0 saturated carbocycles. The number of aryl methyl sites for hydroxylation is 1. The number of aliphatic hydroxyl groups is 1. The summed E-state index contributed by atoms with van der Waals surface area (Å²) in [5.74, 6) is 0.864. The molecule has 0 aliphatic carbocycles. The van der Waals surface area contributed by atoms with Gasteiger partial charge in [0, 0.05) is 23.7 Å². The van der Waals surface area contributed by atoms with Gasteiger partial charge in [0.05, 0.1) is 6.61 Å². The molecule has 0 bridgehead atoms. The van der Waals surface area contributed by atoms with Crippen molar-refractivity contribution in [1.82, 2.24) is 10.2 Å². The molecule has 2 N–H and O–H groups in total. The van der Waals surface area contributed by atoms with Crippen LogP contribution in [0.5, 0.6) is 0 Å². The molecule has 116 valence electrons. The van der Waals surface area contributed by atoms with Gasteiger partial charge in [-0.05, 0) is 31.9 Å². The Balaban J connectivity index is 2.15. The van der Waals surface area contributed by atoms with E-state index in [2.05, 4.69) is 19.2 Å². The lowest BCUT2D eigenvalue weighted by molar-refractivity contribution is -0.135. The van der Waals surface area contributed by atoms with Crippen LogP contribution in [-0.4, -0.2) is 45.7 Å². The van der Waals surface area contributed by atoms with E-state index in [4.69, 9.17) is 0 Å². The van der Waals surface area contributed by atoms with Crippen molar-refractivity contribution in [1.29, 1.82) is 0 Å². The Morgan fingerprint density at radius 1 is 1.48 bits per heavy atom. The summed E-state index contributed by atoms with van der Waals surface area (Å²) in [4.78, 5) is 14.6. The predicted octanol–water partition coefficient (Wildman–Crippen LogP) is 1.76. The first-order chi connectivity index (χ1) is 9.95. The fourth-order valence-electron chi connectivity index (χ4n) is 2.59. The molecule has 1 aliphatic rings. The molecule has 0 radical (unpaired) electrons. The molecule has 1 aromatic rings. The summed E-state index contributed by atoms with van der Waals surface area (Å²) >= 11 is 1.76. The number of nitrogens with zero attached hydrogens (tertiary/aromatic N) is 1. The lowest BCUT2D eigenvalue weighted by Crippen LogP contribution is -2.51. The van der Waals surface area contributed by atoms with Crippen molar-refractivity contribution in [2.45, 2.75) is 38.1 Å². The molecule has 1 atom stereocenters. The number of carbonyl (C=O) groups excluding carboxylic acids is 1. The first-order valence-corrected chi connectivity index (χ1v) is 8.26. The number of rotatable bonds is 5. The normalized spacial score (nSPS) is 20.5. The third kappa shape index (κ3) is 3.78. The second kappa shape index (κ2) is 6.81. The first kappa shape index (κ1) is 16.3. The standard InChI is InChI=1S/C16H24N2O2S/c1-12-6-4-5-7-13(12)10-18(8-9-19)15(20)14-16(2,3)21-11-17-14/h4-7,14,17,19H,8-11H2,1-3H3. The van der Waals surface area contributed by atoms with Crippen molar-refractivity contribution < 1.29 is 9.90 Å². The van der Waals surface area contributed by atoms with Crippen LogP contribution in [0.15, 0.2) is 24.3 Å². The predicted molar refractivity (Wildman–Crippen MR) is 87.1 cm³/mol. The lowest BCUT2D eigenvalue weighted by atomic mass is 10.0. The van der Waals surface area contributed by atoms with Crippen molar-refractivity contribution >= 4 is 17.7 Å². The Hall–Kier alpha value is -1.04. The summed E-state index contributed by atoms with van der Waals surface area (Å²) < 4.78 is -0.115. The van der Waals surface area contributed by atoms with Gasteiger partial charge in [0.25, 0.3) is 0 Å². The second-order valence-electron chi connectivity index (χ2n) is 5.94. The zero-order chi connectivity index (χ0) is 15.5. The third-order valence-corrected chi connectivity index (χ3v) is 5.27. The zero-order valence-corrected chi connectivity index (χ0v) is 13.7. The summed E-state index contributed by atoms with van der Waals surface area (Å²) in [6.07, 6.45) is 0. The maximum Gasteiger partial charge on any atom is 0.241 e. The van der Waals surface area contributed by atoms with Crippen LogP contribution in [0.4, 0.5) is 0 Å². The molecule has 0 spiro atoms. The van der Waals surface area contributed by atoms with Crippen LogP contribution in [0.25, 0.3) is 0 Å². The van der Waals surface area contributed by atoms with E-state index in [-0.39, 0.29) is 23.3 Å². The summed E-state index contributed by atoms with van der Waals surface area (Å²) in [7, 11) is 0. The average molecular weight is 308 g/mol. The van der Waals surface area contributed by atoms with Crippen molar-refractivity contribution in [2.75, 3.05) is 19.0 Å². The number of carbonyl (C=O) groups is 1. The fourth-order valence-corrected chi connectivity index (χ4v) is 3.56. The van der Waals surface area contributed by atoms with Crippen molar-refractivity contribution in [3.05, 3.63) is 35.4 Å². The maximum absolute atomic E-state index is 12.8. The van der Waals surface area contributed by atoms with Gasteiger partial charge in [-0.1, -0.05) is 24.3 Å². The Morgan fingerprint density at radius 2 is 2.19 bits per heavy atom. The van der Waals surface area contributed by atoms with Gasteiger partial charge in [0.15, 0.2) is 0 Å². The van der Waals surface area contributed by atoms with Crippen LogP contribution in [0.1, 0.15) is 25.0 Å². The minimum atomic E-state index is -0.196. The summed E-state index contributed by atoms with van der Waals surface area (Å²) in [6, 6.07) is 7.87. The average Bonchev–Trinajstić information content (AvgIpc) is 2.79. The van der Waals surface area contributed by atoms with Gasteiger partial charge in [-0.3, -0.25) is 10.1 Å². The Morgan fingerprint density at radius 3 is 2.76 bits per heavy atom. The van der Waals surface area contributed by atoms with E-state index in [1.165, 1.54) is 5.56 Å². The number of amides is 1. The highest BCUT2D eigenvalue weighted by Crippen LogP contribution is 2.34. The van der Waals surface area contributed by atoms with Gasteiger partial charge in [-0.25, -0.2) is 0 Å². The van der Waals surface area contributed by atoms with E-state index in [0.717, 1.165) is 11.4 Å². The summed E-state index contributed by atoms with van der Waals surface area (Å²) in [5.41, 5.74) is 2.30. The number of hydrogen-bond donors (Lipinski definition) is 2. The number of hydrogen-bond acceptors (Lipinski definition) is 4. The van der Waals surface area contributed by atoms with Gasteiger partial charge in [0.2, 0.25) is 5.91 Å². The van der Waals surface area contributed by atoms with E-state index in [1.807, 2.05) is 31.2 Å². The quantitative estimate of drug-likeness (QED) is 0.870. The zero-order valence-electron chi connectivity index (χ0n) is 12.9. The maximum atomic E-state index is 12.8. The number of aliphatic hydroxyl groups excluding tert-OH is 1. The lowest BCUT2D eigenvalue weighted by Gasteiger charge is -2.31.